The molecule has 3 rings (SSSR count). The quantitative estimate of drug-likeness (QED) is 0.760. The van der Waals surface area contributed by atoms with Gasteiger partial charge in [0.15, 0.2) is 11.0 Å². The van der Waals surface area contributed by atoms with E-state index in [0.717, 1.165) is 5.52 Å². The van der Waals surface area contributed by atoms with Gasteiger partial charge in [-0.05, 0) is 0 Å². The molecule has 1 fully saturated rings. The molecule has 2 atom stereocenters. The van der Waals surface area contributed by atoms with Crippen LogP contribution in [0, 0.1) is 0 Å². The van der Waals surface area contributed by atoms with Crippen LogP contribution in [0.5, 0.6) is 0 Å². The van der Waals surface area contributed by atoms with Gasteiger partial charge in [-0.2, -0.15) is 0 Å². The van der Waals surface area contributed by atoms with Crippen LogP contribution in [-0.2, 0) is 14.6 Å². The molecule has 1 saturated heterocycles. The van der Waals surface area contributed by atoms with Crippen LogP contribution in [0.1, 0.15) is 5.82 Å². The average molecular weight is 224 g/mol. The highest BCUT2D eigenvalue weighted by molar-refractivity contribution is 7.54. The molecule has 0 aromatic carbocycles. The maximum atomic E-state index is 11.5. The maximum Gasteiger partial charge on any atom is 0.181 e. The lowest BCUT2D eigenvalue weighted by atomic mass is 10.4. The van der Waals surface area contributed by atoms with Gasteiger partial charge in [0.1, 0.15) is 25.5 Å². The molecule has 2 unspecified atom stereocenters. The second-order valence-electron chi connectivity index (χ2n) is 3.48. The number of nitrogens with one attached hydrogen (secondary N) is 1. The molecule has 0 saturated carbocycles. The molecular weight excluding hydrogens is 215 g/mol. The van der Waals surface area contributed by atoms with Crippen molar-refractivity contribution in [3.63, 3.8) is 0 Å². The standard InChI is InChI=1S/C8H9N4O2P/c1-14-8(3-15(8)13)7-11-5-2-9-4-10-6(5)12-7/h2,4,15H,3H2,1H3,(H,9,10,11,12). The molecule has 1 aliphatic rings. The van der Waals surface area contributed by atoms with E-state index in [1.54, 1.807) is 13.3 Å². The summed E-state index contributed by atoms with van der Waals surface area (Å²) in [4.78, 5) is 15.2. The molecule has 1 aliphatic heterocycles. The highest BCUT2D eigenvalue weighted by atomic mass is 31.1. The van der Waals surface area contributed by atoms with E-state index in [1.165, 1.54) is 6.33 Å². The largest absolute Gasteiger partial charge is 0.362 e. The second kappa shape index (κ2) is 2.87. The number of fused-ring (bicyclic) bond motifs is 1. The molecule has 15 heavy (non-hydrogen) atoms. The van der Waals surface area contributed by atoms with Crippen LogP contribution >= 0.6 is 7.80 Å². The summed E-state index contributed by atoms with van der Waals surface area (Å²) in [6.45, 7) is 0. The normalized spacial score (nSPS) is 29.5. The summed E-state index contributed by atoms with van der Waals surface area (Å²) >= 11 is 0. The number of nitrogens with zero attached hydrogens (tertiary/aromatic N) is 3. The fraction of sp³-hybridized carbons (Fsp3) is 0.375. The number of methoxy groups -OCH3 is 1. The molecule has 0 aliphatic carbocycles. The summed E-state index contributed by atoms with van der Waals surface area (Å²) in [6, 6.07) is 0. The van der Waals surface area contributed by atoms with E-state index in [1.807, 2.05) is 0 Å². The number of H-pyrrole nitrogens is 1. The minimum Gasteiger partial charge on any atom is -0.362 e. The van der Waals surface area contributed by atoms with Crippen LogP contribution in [-0.4, -0.2) is 33.2 Å². The van der Waals surface area contributed by atoms with E-state index < -0.39 is 13.1 Å². The Kier molecular flexibility index (Phi) is 1.72. The Bertz CT molecular complexity index is 521. The lowest BCUT2D eigenvalue weighted by Gasteiger charge is -2.06. The van der Waals surface area contributed by atoms with E-state index in [2.05, 4.69) is 19.9 Å². The summed E-state index contributed by atoms with van der Waals surface area (Å²) in [5.74, 6) is 0.601. The lowest BCUT2D eigenvalue weighted by molar-refractivity contribution is 0.105. The Balaban J connectivity index is 2.16. The Morgan fingerprint density at radius 2 is 2.47 bits per heavy atom. The van der Waals surface area contributed by atoms with Crippen LogP contribution < -0.4 is 0 Å². The minimum absolute atomic E-state index is 0.557. The van der Waals surface area contributed by atoms with Crippen molar-refractivity contribution in [3.05, 3.63) is 18.3 Å². The van der Waals surface area contributed by atoms with Crippen molar-refractivity contribution in [3.8, 4) is 0 Å². The number of aromatic amines is 1. The summed E-state index contributed by atoms with van der Waals surface area (Å²) in [5.41, 5.74) is 1.32. The van der Waals surface area contributed by atoms with Gasteiger partial charge in [-0.25, -0.2) is 15.0 Å². The smallest absolute Gasteiger partial charge is 0.181 e. The van der Waals surface area contributed by atoms with Gasteiger partial charge in [0.05, 0.1) is 6.20 Å². The van der Waals surface area contributed by atoms with Gasteiger partial charge < -0.3 is 14.3 Å². The third-order valence-corrected chi connectivity index (χ3v) is 4.54. The first-order valence-corrected chi connectivity index (χ1v) is 6.12. The summed E-state index contributed by atoms with van der Waals surface area (Å²) < 4.78 is 16.7. The van der Waals surface area contributed by atoms with E-state index in [9.17, 15) is 4.57 Å². The molecule has 7 heteroatoms. The molecule has 0 bridgehead atoms. The van der Waals surface area contributed by atoms with Crippen molar-refractivity contribution >= 4 is 19.0 Å². The molecule has 2 aromatic heterocycles. The lowest BCUT2D eigenvalue weighted by Crippen LogP contribution is -2.11. The molecule has 0 spiro atoms. The molecular formula is C8H9N4O2P. The molecule has 0 amide bonds. The summed E-state index contributed by atoms with van der Waals surface area (Å²) in [7, 11) is -0.142. The third-order valence-electron chi connectivity index (χ3n) is 2.63. The molecule has 78 valence electrons. The predicted molar refractivity (Wildman–Crippen MR) is 54.2 cm³/mol. The van der Waals surface area contributed by atoms with Crippen LogP contribution in [0.25, 0.3) is 11.2 Å². The zero-order valence-electron chi connectivity index (χ0n) is 8.02. The highest BCUT2D eigenvalue weighted by Gasteiger charge is 2.57. The maximum absolute atomic E-state index is 11.5. The number of hydrogen-bond donors (Lipinski definition) is 1. The van der Waals surface area contributed by atoms with E-state index in [0.29, 0.717) is 17.6 Å². The van der Waals surface area contributed by atoms with E-state index in [-0.39, 0.29) is 0 Å². The molecule has 2 aromatic rings. The SMILES string of the molecule is COC1(c2nc3ncncc3[nH]2)C[PH]1=O. The van der Waals surface area contributed by atoms with Gasteiger partial charge in [0, 0.05) is 13.3 Å². The zero-order valence-corrected chi connectivity index (χ0v) is 9.02. The number of rotatable bonds is 2. The van der Waals surface area contributed by atoms with Crippen molar-refractivity contribution in [2.75, 3.05) is 13.3 Å². The fourth-order valence-electron chi connectivity index (χ4n) is 1.63. The average Bonchev–Trinajstić information content (AvgIpc) is 2.75. The Morgan fingerprint density at radius 1 is 1.67 bits per heavy atom. The van der Waals surface area contributed by atoms with Gasteiger partial charge in [-0.15, -0.1) is 0 Å². The molecule has 3 heterocycles. The topological polar surface area (TPSA) is 80.8 Å². The van der Waals surface area contributed by atoms with Gasteiger partial charge in [-0.1, -0.05) is 0 Å². The van der Waals surface area contributed by atoms with Crippen LogP contribution in [0.2, 0.25) is 0 Å². The van der Waals surface area contributed by atoms with Crippen molar-refractivity contribution < 1.29 is 9.30 Å². The van der Waals surface area contributed by atoms with E-state index >= 15 is 0 Å². The predicted octanol–water partition coefficient (Wildman–Crippen LogP) is 0.725. The number of hydrogen-bond acceptors (Lipinski definition) is 5. The highest BCUT2D eigenvalue weighted by Crippen LogP contribution is 2.65. The first kappa shape index (κ1) is 9.00. The fourth-order valence-corrected chi connectivity index (χ4v) is 3.14. The molecule has 6 nitrogen and oxygen atoms in total. The Morgan fingerprint density at radius 3 is 3.07 bits per heavy atom. The van der Waals surface area contributed by atoms with Crippen LogP contribution in [0.3, 0.4) is 0 Å². The third kappa shape index (κ3) is 1.15. The van der Waals surface area contributed by atoms with Crippen LogP contribution in [0.15, 0.2) is 12.5 Å². The monoisotopic (exact) mass is 224 g/mol. The first-order chi connectivity index (χ1) is 7.26. The summed E-state index contributed by atoms with van der Waals surface area (Å²) in [6.07, 6.45) is 3.63. The second-order valence-corrected chi connectivity index (χ2v) is 5.48. The van der Waals surface area contributed by atoms with Crippen molar-refractivity contribution in [1.82, 2.24) is 19.9 Å². The first-order valence-electron chi connectivity index (χ1n) is 4.51. The number of ether oxygens (including phenoxy) is 1. The van der Waals surface area contributed by atoms with Crippen molar-refractivity contribution in [2.45, 2.75) is 5.34 Å². The summed E-state index contributed by atoms with van der Waals surface area (Å²) in [5, 5.41) is -0.675. The van der Waals surface area contributed by atoms with Gasteiger partial charge in [0.2, 0.25) is 0 Å². The van der Waals surface area contributed by atoms with Gasteiger partial charge in [-0.3, -0.25) is 0 Å². The van der Waals surface area contributed by atoms with Gasteiger partial charge in [0.25, 0.3) is 0 Å². The van der Waals surface area contributed by atoms with Crippen molar-refractivity contribution in [2.24, 2.45) is 0 Å². The minimum atomic E-state index is -1.69. The number of imidazole rings is 1. The Hall–Kier alpha value is -1.26. The zero-order chi connectivity index (χ0) is 10.5. The molecule has 1 N–H and O–H groups in total. The van der Waals surface area contributed by atoms with E-state index in [4.69, 9.17) is 4.74 Å². The van der Waals surface area contributed by atoms with Gasteiger partial charge >= 0.3 is 0 Å². The molecule has 0 radical (unpaired) electrons. The van der Waals surface area contributed by atoms with Crippen LogP contribution in [0.4, 0.5) is 0 Å². The van der Waals surface area contributed by atoms with Crippen molar-refractivity contribution in [1.29, 1.82) is 0 Å². The number of aromatic nitrogens is 4. The Labute approximate surface area is 85.9 Å².